The monoisotopic (exact) mass is 390 g/mol. The standard InChI is InChI=1S/C19H22N2O5S/c1-4-26-19(23)15-8-10-17(11-9-15)21(27(3,24)25)13-18(22)20-16-7-5-6-14(2)12-16/h5-12H,4,13H2,1-3H3,(H,20,22). The van der Waals surface area contributed by atoms with Gasteiger partial charge in [-0.05, 0) is 55.8 Å². The molecule has 2 aromatic carbocycles. The molecule has 0 saturated heterocycles. The number of aryl methyl sites for hydroxylation is 1. The molecule has 0 bridgehead atoms. The maximum absolute atomic E-state index is 12.3. The molecule has 0 fully saturated rings. The van der Waals surface area contributed by atoms with Crippen LogP contribution in [0.5, 0.6) is 0 Å². The van der Waals surface area contributed by atoms with E-state index in [2.05, 4.69) is 5.32 Å². The molecule has 0 atom stereocenters. The fraction of sp³-hybridized carbons (Fsp3) is 0.263. The molecule has 0 aliphatic carbocycles. The topological polar surface area (TPSA) is 92.8 Å². The fourth-order valence-corrected chi connectivity index (χ4v) is 3.29. The predicted molar refractivity (Wildman–Crippen MR) is 104 cm³/mol. The van der Waals surface area contributed by atoms with Gasteiger partial charge in [0.25, 0.3) is 0 Å². The van der Waals surface area contributed by atoms with Crippen LogP contribution in [0.1, 0.15) is 22.8 Å². The Morgan fingerprint density at radius 3 is 2.33 bits per heavy atom. The zero-order chi connectivity index (χ0) is 20.0. The molecular weight excluding hydrogens is 368 g/mol. The van der Waals surface area contributed by atoms with Crippen molar-refractivity contribution >= 4 is 33.3 Å². The van der Waals surface area contributed by atoms with Crippen molar-refractivity contribution in [2.75, 3.05) is 29.0 Å². The molecule has 0 heterocycles. The summed E-state index contributed by atoms with van der Waals surface area (Å²) < 4.78 is 30.2. The maximum atomic E-state index is 12.3. The number of carbonyl (C=O) groups excluding carboxylic acids is 2. The number of carbonyl (C=O) groups is 2. The van der Waals surface area contributed by atoms with Crippen LogP contribution >= 0.6 is 0 Å². The first-order valence-corrected chi connectivity index (χ1v) is 10.2. The Morgan fingerprint density at radius 2 is 1.78 bits per heavy atom. The fourth-order valence-electron chi connectivity index (χ4n) is 2.43. The summed E-state index contributed by atoms with van der Waals surface area (Å²) in [6, 6.07) is 13.1. The maximum Gasteiger partial charge on any atom is 0.338 e. The van der Waals surface area contributed by atoms with Gasteiger partial charge >= 0.3 is 5.97 Å². The highest BCUT2D eigenvalue weighted by Crippen LogP contribution is 2.19. The van der Waals surface area contributed by atoms with E-state index >= 15 is 0 Å². The van der Waals surface area contributed by atoms with Crippen LogP contribution in [-0.2, 0) is 19.6 Å². The van der Waals surface area contributed by atoms with E-state index in [1.54, 1.807) is 25.1 Å². The Hall–Kier alpha value is -2.87. The molecule has 0 saturated carbocycles. The summed E-state index contributed by atoms with van der Waals surface area (Å²) in [7, 11) is -3.70. The molecule has 0 aliphatic heterocycles. The Kier molecular flexibility index (Phi) is 6.57. The van der Waals surface area contributed by atoms with E-state index in [1.807, 2.05) is 13.0 Å². The number of benzene rings is 2. The van der Waals surface area contributed by atoms with Gasteiger partial charge in [0.1, 0.15) is 6.54 Å². The second-order valence-electron chi connectivity index (χ2n) is 5.95. The highest BCUT2D eigenvalue weighted by atomic mass is 32.2. The number of hydrogen-bond donors (Lipinski definition) is 1. The van der Waals surface area contributed by atoms with Crippen molar-refractivity contribution in [1.29, 1.82) is 0 Å². The van der Waals surface area contributed by atoms with Gasteiger partial charge in [0, 0.05) is 5.69 Å². The zero-order valence-corrected chi connectivity index (χ0v) is 16.2. The molecule has 0 radical (unpaired) electrons. The third-order valence-electron chi connectivity index (χ3n) is 3.66. The molecule has 0 aliphatic rings. The average Bonchev–Trinajstić information content (AvgIpc) is 2.59. The largest absolute Gasteiger partial charge is 0.462 e. The normalized spacial score (nSPS) is 10.9. The molecule has 8 heteroatoms. The number of ether oxygens (including phenoxy) is 1. The summed E-state index contributed by atoms with van der Waals surface area (Å²) in [6.45, 7) is 3.45. The van der Waals surface area contributed by atoms with Crippen molar-refractivity contribution in [3.63, 3.8) is 0 Å². The van der Waals surface area contributed by atoms with Crippen LogP contribution in [0.3, 0.4) is 0 Å². The Labute approximate surface area is 159 Å². The van der Waals surface area contributed by atoms with E-state index in [4.69, 9.17) is 4.74 Å². The molecule has 27 heavy (non-hydrogen) atoms. The minimum Gasteiger partial charge on any atom is -0.462 e. The highest BCUT2D eigenvalue weighted by Gasteiger charge is 2.21. The Morgan fingerprint density at radius 1 is 1.11 bits per heavy atom. The van der Waals surface area contributed by atoms with Crippen molar-refractivity contribution in [3.05, 3.63) is 59.7 Å². The molecule has 0 aromatic heterocycles. The molecule has 2 rings (SSSR count). The summed E-state index contributed by atoms with van der Waals surface area (Å²) in [5.74, 6) is -0.965. The van der Waals surface area contributed by atoms with Gasteiger partial charge in [-0.25, -0.2) is 13.2 Å². The molecule has 1 amide bonds. The molecule has 2 aromatic rings. The number of hydrogen-bond acceptors (Lipinski definition) is 5. The van der Waals surface area contributed by atoms with Gasteiger partial charge < -0.3 is 10.1 Å². The Bertz CT molecular complexity index is 923. The van der Waals surface area contributed by atoms with E-state index in [9.17, 15) is 18.0 Å². The SMILES string of the molecule is CCOC(=O)c1ccc(N(CC(=O)Nc2cccc(C)c2)S(C)(=O)=O)cc1. The van der Waals surface area contributed by atoms with Gasteiger partial charge in [-0.15, -0.1) is 0 Å². The number of rotatable bonds is 7. The minimum atomic E-state index is -3.70. The van der Waals surface area contributed by atoms with E-state index in [-0.39, 0.29) is 18.8 Å². The van der Waals surface area contributed by atoms with E-state index in [0.717, 1.165) is 16.1 Å². The molecule has 0 spiro atoms. The summed E-state index contributed by atoms with van der Waals surface area (Å²) in [5, 5.41) is 2.68. The zero-order valence-electron chi connectivity index (χ0n) is 15.4. The van der Waals surface area contributed by atoms with Crippen molar-refractivity contribution in [2.24, 2.45) is 0 Å². The van der Waals surface area contributed by atoms with Gasteiger partial charge in [0.05, 0.1) is 24.1 Å². The van der Waals surface area contributed by atoms with E-state index < -0.39 is 21.9 Å². The van der Waals surface area contributed by atoms with Gasteiger partial charge in [-0.1, -0.05) is 12.1 Å². The number of nitrogens with zero attached hydrogens (tertiary/aromatic N) is 1. The van der Waals surface area contributed by atoms with Gasteiger partial charge in [-0.2, -0.15) is 0 Å². The summed E-state index contributed by atoms with van der Waals surface area (Å²) in [5.41, 5.74) is 2.15. The van der Waals surface area contributed by atoms with Crippen LogP contribution in [-0.4, -0.2) is 39.7 Å². The third-order valence-corrected chi connectivity index (χ3v) is 4.80. The molecular formula is C19H22N2O5S. The summed E-state index contributed by atoms with van der Waals surface area (Å²) in [4.78, 5) is 24.0. The van der Waals surface area contributed by atoms with Crippen molar-refractivity contribution in [2.45, 2.75) is 13.8 Å². The van der Waals surface area contributed by atoms with Crippen LogP contribution in [0.2, 0.25) is 0 Å². The third kappa shape index (κ3) is 5.82. The number of esters is 1. The van der Waals surface area contributed by atoms with Gasteiger partial charge in [-0.3, -0.25) is 9.10 Å². The van der Waals surface area contributed by atoms with Gasteiger partial charge in [0.15, 0.2) is 0 Å². The molecule has 7 nitrogen and oxygen atoms in total. The van der Waals surface area contributed by atoms with Gasteiger partial charge in [0.2, 0.25) is 15.9 Å². The summed E-state index contributed by atoms with van der Waals surface area (Å²) in [6.07, 6.45) is 1.02. The lowest BCUT2D eigenvalue weighted by atomic mass is 10.2. The lowest BCUT2D eigenvalue weighted by molar-refractivity contribution is -0.114. The van der Waals surface area contributed by atoms with Crippen LogP contribution < -0.4 is 9.62 Å². The lowest BCUT2D eigenvalue weighted by Gasteiger charge is -2.22. The van der Waals surface area contributed by atoms with Crippen molar-refractivity contribution in [1.82, 2.24) is 0 Å². The number of amides is 1. The van der Waals surface area contributed by atoms with Crippen LogP contribution in [0, 0.1) is 6.92 Å². The number of nitrogens with one attached hydrogen (secondary N) is 1. The van der Waals surface area contributed by atoms with Crippen molar-refractivity contribution in [3.8, 4) is 0 Å². The minimum absolute atomic E-state index is 0.245. The first kappa shape index (κ1) is 20.4. The number of anilines is 2. The second kappa shape index (κ2) is 8.68. The Balaban J connectivity index is 2.18. The second-order valence-corrected chi connectivity index (χ2v) is 7.86. The average molecular weight is 390 g/mol. The van der Waals surface area contributed by atoms with Crippen LogP contribution in [0.25, 0.3) is 0 Å². The molecule has 1 N–H and O–H groups in total. The highest BCUT2D eigenvalue weighted by molar-refractivity contribution is 7.92. The summed E-state index contributed by atoms with van der Waals surface area (Å²) >= 11 is 0. The molecule has 144 valence electrons. The number of sulfonamides is 1. The smallest absolute Gasteiger partial charge is 0.338 e. The molecule has 0 unspecified atom stereocenters. The predicted octanol–water partition coefficient (Wildman–Crippen LogP) is 2.58. The van der Waals surface area contributed by atoms with Crippen LogP contribution in [0.15, 0.2) is 48.5 Å². The van der Waals surface area contributed by atoms with E-state index in [0.29, 0.717) is 11.3 Å². The lowest BCUT2D eigenvalue weighted by Crippen LogP contribution is -2.37. The van der Waals surface area contributed by atoms with Crippen molar-refractivity contribution < 1.29 is 22.7 Å². The quantitative estimate of drug-likeness (QED) is 0.734. The first-order chi connectivity index (χ1) is 12.7. The van der Waals surface area contributed by atoms with Crippen LogP contribution in [0.4, 0.5) is 11.4 Å². The first-order valence-electron chi connectivity index (χ1n) is 8.32. The van der Waals surface area contributed by atoms with E-state index in [1.165, 1.54) is 24.3 Å².